The minimum Gasteiger partial charge on any atom is -0.306 e. The lowest BCUT2D eigenvalue weighted by Crippen LogP contribution is -2.24. The quantitative estimate of drug-likeness (QED) is 0.460. The van der Waals surface area contributed by atoms with Crippen LogP contribution in [-0.2, 0) is 0 Å². The summed E-state index contributed by atoms with van der Waals surface area (Å²) >= 11 is 9.80. The third-order valence-corrected chi connectivity index (χ3v) is 5.93. The number of nitrogens with one attached hydrogen (secondary N) is 1. The molecular weight excluding hydrogens is 505 g/mol. The van der Waals surface area contributed by atoms with Gasteiger partial charge in [0.25, 0.3) is 0 Å². The van der Waals surface area contributed by atoms with Crippen LogP contribution in [0.2, 0.25) is 0 Å². The van der Waals surface area contributed by atoms with E-state index in [9.17, 15) is 0 Å². The van der Waals surface area contributed by atoms with Gasteiger partial charge in [-0.25, -0.2) is 0 Å². The molecular formula is C17H18Br2IN. The number of hydrogen-bond donors (Lipinski definition) is 1. The Kier molecular flexibility index (Phi) is 6.72. The van der Waals surface area contributed by atoms with Crippen molar-refractivity contribution in [1.29, 1.82) is 0 Å². The molecule has 0 heterocycles. The van der Waals surface area contributed by atoms with Crippen LogP contribution in [0.5, 0.6) is 0 Å². The highest BCUT2D eigenvalue weighted by atomic mass is 127. The Morgan fingerprint density at radius 2 is 1.81 bits per heavy atom. The summed E-state index contributed by atoms with van der Waals surface area (Å²) in [6.07, 6.45) is 1.12. The van der Waals surface area contributed by atoms with Crippen molar-refractivity contribution in [3.05, 3.63) is 65.6 Å². The molecule has 0 radical (unpaired) electrons. The second kappa shape index (κ2) is 8.09. The van der Waals surface area contributed by atoms with Gasteiger partial charge in [-0.2, -0.15) is 0 Å². The molecule has 0 fully saturated rings. The van der Waals surface area contributed by atoms with Crippen molar-refractivity contribution in [2.75, 3.05) is 6.54 Å². The molecule has 1 unspecified atom stereocenters. The van der Waals surface area contributed by atoms with Gasteiger partial charge in [0.2, 0.25) is 0 Å². The van der Waals surface area contributed by atoms with Crippen LogP contribution in [0.3, 0.4) is 0 Å². The molecule has 0 aliphatic heterocycles. The maximum atomic E-state index is 3.73. The van der Waals surface area contributed by atoms with E-state index in [4.69, 9.17) is 0 Å². The highest BCUT2D eigenvalue weighted by Crippen LogP contribution is 2.34. The molecule has 2 aromatic rings. The van der Waals surface area contributed by atoms with Crippen LogP contribution in [-0.4, -0.2) is 6.54 Å². The van der Waals surface area contributed by atoms with Crippen molar-refractivity contribution in [3.8, 4) is 0 Å². The van der Waals surface area contributed by atoms with E-state index in [1.54, 1.807) is 0 Å². The third kappa shape index (κ3) is 4.30. The SMILES string of the molecule is CCCNC(c1cc(Br)c(C)cc1Br)c1ccccc1I. The van der Waals surface area contributed by atoms with E-state index >= 15 is 0 Å². The predicted molar refractivity (Wildman–Crippen MR) is 106 cm³/mol. The Labute approximate surface area is 157 Å². The van der Waals surface area contributed by atoms with Gasteiger partial charge < -0.3 is 5.32 Å². The summed E-state index contributed by atoms with van der Waals surface area (Å²) in [6.45, 7) is 5.30. The lowest BCUT2D eigenvalue weighted by atomic mass is 9.97. The summed E-state index contributed by atoms with van der Waals surface area (Å²) in [7, 11) is 0. The first-order valence-corrected chi connectivity index (χ1v) is 9.64. The number of aryl methyl sites for hydroxylation is 1. The predicted octanol–water partition coefficient (Wildman–Crippen LogP) is 6.21. The summed E-state index contributed by atoms with van der Waals surface area (Å²) in [5.74, 6) is 0. The smallest absolute Gasteiger partial charge is 0.0598 e. The van der Waals surface area contributed by atoms with Crippen LogP contribution in [0.15, 0.2) is 45.3 Å². The fourth-order valence-electron chi connectivity index (χ4n) is 2.27. The van der Waals surface area contributed by atoms with E-state index in [1.807, 2.05) is 0 Å². The Morgan fingerprint density at radius 1 is 1.10 bits per heavy atom. The fourth-order valence-corrected chi connectivity index (χ4v) is 4.01. The van der Waals surface area contributed by atoms with Crippen molar-refractivity contribution in [2.45, 2.75) is 26.3 Å². The highest BCUT2D eigenvalue weighted by Gasteiger charge is 2.19. The molecule has 112 valence electrons. The normalized spacial score (nSPS) is 12.4. The average Bonchev–Trinajstić information content (AvgIpc) is 2.46. The van der Waals surface area contributed by atoms with E-state index in [0.29, 0.717) is 0 Å². The van der Waals surface area contributed by atoms with Gasteiger partial charge >= 0.3 is 0 Å². The van der Waals surface area contributed by atoms with Crippen molar-refractivity contribution in [3.63, 3.8) is 0 Å². The molecule has 2 aromatic carbocycles. The number of hydrogen-bond acceptors (Lipinski definition) is 1. The van der Waals surface area contributed by atoms with E-state index in [-0.39, 0.29) is 6.04 Å². The summed E-state index contributed by atoms with van der Waals surface area (Å²) < 4.78 is 3.58. The Morgan fingerprint density at radius 3 is 2.48 bits per heavy atom. The minimum atomic E-state index is 0.198. The van der Waals surface area contributed by atoms with E-state index in [2.05, 4.69) is 110 Å². The lowest BCUT2D eigenvalue weighted by molar-refractivity contribution is 0.594. The first-order valence-electron chi connectivity index (χ1n) is 6.98. The Bertz CT molecular complexity index is 628. The standard InChI is InChI=1S/C17H18Br2IN/c1-3-8-21-17(12-6-4-5-7-16(12)20)13-10-14(18)11(2)9-15(13)19/h4-7,9-10,17,21H,3,8H2,1-2H3. The molecule has 1 N–H and O–H groups in total. The van der Waals surface area contributed by atoms with Gasteiger partial charge in [0.05, 0.1) is 6.04 Å². The van der Waals surface area contributed by atoms with Crippen LogP contribution in [0, 0.1) is 10.5 Å². The first kappa shape index (κ1) is 17.4. The average molecular weight is 523 g/mol. The molecule has 0 saturated carbocycles. The van der Waals surface area contributed by atoms with Gasteiger partial charge in [0.1, 0.15) is 0 Å². The molecule has 21 heavy (non-hydrogen) atoms. The van der Waals surface area contributed by atoms with Crippen molar-refractivity contribution < 1.29 is 0 Å². The van der Waals surface area contributed by atoms with E-state index < -0.39 is 0 Å². The molecule has 2 rings (SSSR count). The van der Waals surface area contributed by atoms with Crippen molar-refractivity contribution in [2.24, 2.45) is 0 Å². The molecule has 4 heteroatoms. The van der Waals surface area contributed by atoms with Gasteiger partial charge in [-0.3, -0.25) is 0 Å². The van der Waals surface area contributed by atoms with Gasteiger partial charge in [-0.15, -0.1) is 0 Å². The second-order valence-corrected chi connectivity index (χ2v) is 7.90. The molecule has 0 saturated heterocycles. The zero-order valence-corrected chi connectivity index (χ0v) is 17.4. The maximum Gasteiger partial charge on any atom is 0.0598 e. The molecule has 0 bridgehead atoms. The summed E-state index contributed by atoms with van der Waals surface area (Å²) in [4.78, 5) is 0. The molecule has 0 aliphatic carbocycles. The summed E-state index contributed by atoms with van der Waals surface area (Å²) in [5, 5.41) is 3.67. The van der Waals surface area contributed by atoms with Crippen LogP contribution in [0.1, 0.15) is 36.1 Å². The number of halogens is 3. The Balaban J connectivity index is 2.51. The van der Waals surface area contributed by atoms with Crippen LogP contribution >= 0.6 is 54.5 Å². The lowest BCUT2D eigenvalue weighted by Gasteiger charge is -2.23. The van der Waals surface area contributed by atoms with E-state index in [1.165, 1.54) is 20.3 Å². The fraction of sp³-hybridized carbons (Fsp3) is 0.294. The first-order chi connectivity index (χ1) is 10.0. The molecule has 0 amide bonds. The van der Waals surface area contributed by atoms with Crippen LogP contribution in [0.25, 0.3) is 0 Å². The summed E-state index contributed by atoms with van der Waals surface area (Å²) in [6, 6.07) is 13.1. The zero-order chi connectivity index (χ0) is 15.4. The minimum absolute atomic E-state index is 0.198. The van der Waals surface area contributed by atoms with Gasteiger partial charge in [0, 0.05) is 12.5 Å². The number of benzene rings is 2. The Hall–Kier alpha value is 0.0900. The van der Waals surface area contributed by atoms with Gasteiger partial charge in [-0.05, 0) is 77.4 Å². The molecule has 0 spiro atoms. The van der Waals surface area contributed by atoms with Crippen molar-refractivity contribution in [1.82, 2.24) is 5.32 Å². The third-order valence-electron chi connectivity index (χ3n) is 3.40. The van der Waals surface area contributed by atoms with Gasteiger partial charge in [-0.1, -0.05) is 57.0 Å². The topological polar surface area (TPSA) is 12.0 Å². The second-order valence-electron chi connectivity index (χ2n) is 5.03. The largest absolute Gasteiger partial charge is 0.306 e. The van der Waals surface area contributed by atoms with Crippen LogP contribution in [0.4, 0.5) is 0 Å². The molecule has 1 nitrogen and oxygen atoms in total. The molecule has 0 aliphatic rings. The van der Waals surface area contributed by atoms with Crippen molar-refractivity contribution >= 4 is 54.5 Å². The number of rotatable bonds is 5. The highest BCUT2D eigenvalue weighted by molar-refractivity contribution is 14.1. The molecule has 0 aromatic heterocycles. The molecule has 1 atom stereocenters. The monoisotopic (exact) mass is 521 g/mol. The van der Waals surface area contributed by atoms with E-state index in [0.717, 1.165) is 21.9 Å². The summed E-state index contributed by atoms with van der Waals surface area (Å²) in [5.41, 5.74) is 3.83. The van der Waals surface area contributed by atoms with Crippen LogP contribution < -0.4 is 5.32 Å². The maximum absolute atomic E-state index is 3.73. The zero-order valence-electron chi connectivity index (χ0n) is 12.1. The van der Waals surface area contributed by atoms with Gasteiger partial charge in [0.15, 0.2) is 0 Å².